The van der Waals surface area contributed by atoms with Crippen LogP contribution >= 0.6 is 0 Å². The lowest BCUT2D eigenvalue weighted by molar-refractivity contribution is -0.127. The molecule has 3 aromatic rings. The zero-order valence-electron chi connectivity index (χ0n) is 20.8. The summed E-state index contributed by atoms with van der Waals surface area (Å²) in [4.78, 5) is 32.5. The van der Waals surface area contributed by atoms with Gasteiger partial charge in [0, 0.05) is 36.2 Å². The summed E-state index contributed by atoms with van der Waals surface area (Å²) < 4.78 is 5.92. The topological polar surface area (TPSA) is 75.4 Å². The van der Waals surface area contributed by atoms with Crippen molar-refractivity contribution in [3.63, 3.8) is 0 Å². The van der Waals surface area contributed by atoms with Crippen LogP contribution in [0.5, 0.6) is 0 Å². The van der Waals surface area contributed by atoms with E-state index >= 15 is 0 Å². The van der Waals surface area contributed by atoms with Gasteiger partial charge in [0.15, 0.2) is 5.58 Å². The summed E-state index contributed by atoms with van der Waals surface area (Å²) in [5, 5.41) is 3.27. The molecule has 1 saturated heterocycles. The number of rotatable bonds is 5. The molecule has 2 amide bonds. The van der Waals surface area contributed by atoms with E-state index in [9.17, 15) is 9.59 Å². The molecule has 1 aromatic heterocycles. The minimum absolute atomic E-state index is 0.0131. The lowest BCUT2D eigenvalue weighted by Gasteiger charge is -2.35. The molecule has 2 fully saturated rings. The average Bonchev–Trinajstić information content (AvgIpc) is 3.32. The number of carbonyl (C=O) groups is 2. The number of benzene rings is 2. The minimum Gasteiger partial charge on any atom is -0.436 e. The molecule has 5 rings (SSSR count). The second kappa shape index (κ2) is 10.2. The second-order valence-corrected chi connectivity index (χ2v) is 10.3. The van der Waals surface area contributed by atoms with Crippen LogP contribution in [-0.4, -0.2) is 40.8 Å². The highest BCUT2D eigenvalue weighted by Crippen LogP contribution is 2.29. The number of piperidine rings is 1. The summed E-state index contributed by atoms with van der Waals surface area (Å²) in [6.45, 7) is 5.44. The molecule has 1 aliphatic heterocycles. The molecule has 2 aliphatic rings. The van der Waals surface area contributed by atoms with Gasteiger partial charge >= 0.3 is 0 Å². The average molecular weight is 474 g/mol. The van der Waals surface area contributed by atoms with Gasteiger partial charge in [-0.2, -0.15) is 0 Å². The summed E-state index contributed by atoms with van der Waals surface area (Å²) in [5.74, 6) is 1.07. The van der Waals surface area contributed by atoms with E-state index in [2.05, 4.69) is 10.3 Å². The molecule has 1 saturated carbocycles. The Bertz CT molecular complexity index is 1190. The normalized spacial score (nSPS) is 18.5. The molecule has 184 valence electrons. The Balaban J connectivity index is 1.19. The fraction of sp³-hybridized carbons (Fsp3) is 0.483. The Hall–Kier alpha value is -3.15. The number of hydrogen-bond acceptors (Lipinski definition) is 4. The Kier molecular flexibility index (Phi) is 6.89. The molecular weight excluding hydrogens is 438 g/mol. The third kappa shape index (κ3) is 5.26. The first-order valence-corrected chi connectivity index (χ1v) is 13.1. The number of aromatic nitrogens is 1. The highest BCUT2D eigenvalue weighted by atomic mass is 16.3. The molecule has 0 radical (unpaired) electrons. The van der Waals surface area contributed by atoms with E-state index < -0.39 is 0 Å². The Labute approximate surface area is 207 Å². The fourth-order valence-electron chi connectivity index (χ4n) is 5.46. The molecule has 1 N–H and O–H groups in total. The van der Waals surface area contributed by atoms with Crippen molar-refractivity contribution in [3.8, 4) is 11.5 Å². The number of nitrogens with zero attached hydrogens (tertiary/aromatic N) is 2. The predicted molar refractivity (Wildman–Crippen MR) is 137 cm³/mol. The molecule has 6 heteroatoms. The van der Waals surface area contributed by atoms with Crippen molar-refractivity contribution in [1.82, 2.24) is 15.2 Å². The minimum atomic E-state index is -0.0131. The number of hydrogen-bond donors (Lipinski definition) is 1. The quantitative estimate of drug-likeness (QED) is 0.513. The van der Waals surface area contributed by atoms with Crippen LogP contribution in [0.25, 0.3) is 22.6 Å². The summed E-state index contributed by atoms with van der Waals surface area (Å²) in [7, 11) is 0. The predicted octanol–water partition coefficient (Wildman–Crippen LogP) is 5.74. The zero-order valence-corrected chi connectivity index (χ0v) is 20.8. The summed E-state index contributed by atoms with van der Waals surface area (Å²) in [6, 6.07) is 13.9. The molecule has 0 bridgehead atoms. The molecule has 35 heavy (non-hydrogen) atoms. The smallest absolute Gasteiger partial charge is 0.253 e. The molecule has 1 aliphatic carbocycles. The Morgan fingerprint density at radius 2 is 1.71 bits per heavy atom. The summed E-state index contributed by atoms with van der Waals surface area (Å²) >= 11 is 0. The number of likely N-dealkylation sites (tertiary alicyclic amines) is 1. The van der Waals surface area contributed by atoms with Crippen molar-refractivity contribution in [3.05, 3.63) is 53.6 Å². The second-order valence-electron chi connectivity index (χ2n) is 10.3. The van der Waals surface area contributed by atoms with Crippen LogP contribution in [0.15, 0.2) is 46.9 Å². The van der Waals surface area contributed by atoms with E-state index in [1.165, 1.54) is 24.8 Å². The van der Waals surface area contributed by atoms with Crippen molar-refractivity contribution >= 4 is 22.9 Å². The SMILES string of the molecule is Cc1ccc(-c2nc3cc(C(=O)N4CCC(C(C)C(=O)NC5CCCCC5)CC4)ccc3o2)cc1. The Morgan fingerprint density at radius 1 is 1.00 bits per heavy atom. The monoisotopic (exact) mass is 473 g/mol. The first-order chi connectivity index (χ1) is 17.0. The molecule has 1 atom stereocenters. The molecule has 6 nitrogen and oxygen atoms in total. The van der Waals surface area contributed by atoms with Gasteiger partial charge in [-0.3, -0.25) is 9.59 Å². The molecular formula is C29H35N3O3. The summed E-state index contributed by atoms with van der Waals surface area (Å²) in [6.07, 6.45) is 7.64. The molecule has 2 aromatic carbocycles. The highest BCUT2D eigenvalue weighted by Gasteiger charge is 2.31. The Morgan fingerprint density at radius 3 is 2.43 bits per heavy atom. The van der Waals surface area contributed by atoms with Gasteiger partial charge in [-0.15, -0.1) is 0 Å². The fourth-order valence-corrected chi connectivity index (χ4v) is 5.46. The van der Waals surface area contributed by atoms with Crippen LogP contribution in [-0.2, 0) is 4.79 Å². The van der Waals surface area contributed by atoms with Gasteiger partial charge in [0.1, 0.15) is 5.52 Å². The van der Waals surface area contributed by atoms with Crippen LogP contribution in [0, 0.1) is 18.8 Å². The van der Waals surface area contributed by atoms with E-state index in [4.69, 9.17) is 4.42 Å². The molecule has 1 unspecified atom stereocenters. The molecule has 0 spiro atoms. The molecule has 2 heterocycles. The number of fused-ring (bicyclic) bond motifs is 1. The van der Waals surface area contributed by atoms with Gasteiger partial charge in [0.05, 0.1) is 0 Å². The number of oxazole rings is 1. The maximum atomic E-state index is 13.2. The van der Waals surface area contributed by atoms with Crippen LogP contribution in [0.2, 0.25) is 0 Å². The van der Waals surface area contributed by atoms with Crippen molar-refractivity contribution in [1.29, 1.82) is 0 Å². The van der Waals surface area contributed by atoms with Gasteiger partial charge in [0.2, 0.25) is 11.8 Å². The van der Waals surface area contributed by atoms with E-state index in [1.807, 2.05) is 61.2 Å². The van der Waals surface area contributed by atoms with Crippen molar-refractivity contribution in [2.75, 3.05) is 13.1 Å². The van der Waals surface area contributed by atoms with Crippen molar-refractivity contribution < 1.29 is 14.0 Å². The standard InChI is InChI=1S/C29H35N3O3/c1-19-8-10-22(11-9-19)28-31-25-18-23(12-13-26(25)35-28)29(34)32-16-14-21(15-17-32)20(2)27(33)30-24-6-4-3-5-7-24/h8-13,18,20-21,24H,3-7,14-17H2,1-2H3,(H,30,33). The van der Waals surface area contributed by atoms with Gasteiger partial charge < -0.3 is 14.6 Å². The largest absolute Gasteiger partial charge is 0.436 e. The van der Waals surface area contributed by atoms with Crippen LogP contribution in [0.4, 0.5) is 0 Å². The number of carbonyl (C=O) groups excluding carboxylic acids is 2. The number of nitrogens with one attached hydrogen (secondary N) is 1. The third-order valence-corrected chi connectivity index (χ3v) is 7.83. The lowest BCUT2D eigenvalue weighted by Crippen LogP contribution is -2.45. The first kappa shape index (κ1) is 23.6. The van der Waals surface area contributed by atoms with Crippen LogP contribution < -0.4 is 5.32 Å². The summed E-state index contributed by atoms with van der Waals surface area (Å²) in [5.41, 5.74) is 4.09. The van der Waals surface area contributed by atoms with Gasteiger partial charge in [-0.1, -0.05) is 43.9 Å². The van der Waals surface area contributed by atoms with Crippen molar-refractivity contribution in [2.24, 2.45) is 11.8 Å². The number of aryl methyl sites for hydroxylation is 1. The van der Waals surface area contributed by atoms with Gasteiger partial charge in [-0.25, -0.2) is 4.98 Å². The third-order valence-electron chi connectivity index (χ3n) is 7.83. The van der Waals surface area contributed by atoms with Crippen LogP contribution in [0.3, 0.4) is 0 Å². The zero-order chi connectivity index (χ0) is 24.4. The van der Waals surface area contributed by atoms with Gasteiger partial charge in [0.25, 0.3) is 5.91 Å². The lowest BCUT2D eigenvalue weighted by atomic mass is 9.84. The van der Waals surface area contributed by atoms with Crippen LogP contribution in [0.1, 0.15) is 67.8 Å². The van der Waals surface area contributed by atoms with E-state index in [0.29, 0.717) is 47.6 Å². The van der Waals surface area contributed by atoms with Gasteiger partial charge in [-0.05, 0) is 68.9 Å². The van der Waals surface area contributed by atoms with E-state index in [-0.39, 0.29) is 17.7 Å². The highest BCUT2D eigenvalue weighted by molar-refractivity contribution is 5.97. The number of amides is 2. The van der Waals surface area contributed by atoms with Crippen molar-refractivity contribution in [2.45, 2.75) is 64.8 Å². The van der Waals surface area contributed by atoms with E-state index in [0.717, 1.165) is 31.2 Å². The van der Waals surface area contributed by atoms with E-state index in [1.54, 1.807) is 0 Å². The first-order valence-electron chi connectivity index (χ1n) is 13.1. The maximum absolute atomic E-state index is 13.2. The maximum Gasteiger partial charge on any atom is 0.253 e.